The van der Waals surface area contributed by atoms with Crippen molar-refractivity contribution in [1.82, 2.24) is 0 Å². The third kappa shape index (κ3) is 6.44. The van der Waals surface area contributed by atoms with Crippen LogP contribution in [0.2, 0.25) is 0 Å². The molecule has 2 aromatic heterocycles. The second kappa shape index (κ2) is 15.3. The van der Waals surface area contributed by atoms with Crippen LogP contribution in [-0.2, 0) is 5.41 Å². The third-order valence-corrected chi connectivity index (χ3v) is 13.9. The normalized spacial score (nSPS) is 12.7. The van der Waals surface area contributed by atoms with Gasteiger partial charge in [-0.05, 0) is 129 Å². The van der Waals surface area contributed by atoms with Crippen LogP contribution in [0.1, 0.15) is 25.0 Å². The van der Waals surface area contributed by atoms with Crippen LogP contribution < -0.4 is 9.80 Å². The van der Waals surface area contributed by atoms with Crippen LogP contribution in [0.15, 0.2) is 239 Å². The first-order valence-corrected chi connectivity index (χ1v) is 23.0. The molecule has 4 heteroatoms. The molecule has 0 spiro atoms. The second-order valence-corrected chi connectivity index (χ2v) is 18.1. The minimum absolute atomic E-state index is 0.312. The first-order valence-electron chi connectivity index (χ1n) is 23.0. The average Bonchev–Trinajstić information content (AvgIpc) is 4.02. The quantitative estimate of drug-likeness (QED) is 0.152. The van der Waals surface area contributed by atoms with E-state index in [4.69, 9.17) is 8.83 Å². The van der Waals surface area contributed by atoms with Gasteiger partial charge in [-0.25, -0.2) is 0 Å². The SMILES string of the molecule is CC1(C)c2cc(N(c3ccc(-c4ccccc4)cc3)c3ccc(-c4ccccc4)cc3)ccc2-c2ccc(N(c3ccc4c(c3)oc3ccccc34)c3ccc4c(c3)oc3ccccc34)cc21. The van der Waals surface area contributed by atoms with Crippen molar-refractivity contribution in [2.24, 2.45) is 0 Å². The molecule has 12 aromatic rings. The molecule has 0 atom stereocenters. The van der Waals surface area contributed by atoms with Gasteiger partial charge in [0.15, 0.2) is 0 Å². The van der Waals surface area contributed by atoms with Crippen LogP contribution >= 0.6 is 0 Å². The topological polar surface area (TPSA) is 32.8 Å². The van der Waals surface area contributed by atoms with E-state index in [-0.39, 0.29) is 5.41 Å². The summed E-state index contributed by atoms with van der Waals surface area (Å²) in [6, 6.07) is 82.7. The van der Waals surface area contributed by atoms with E-state index in [1.54, 1.807) is 0 Å². The van der Waals surface area contributed by atoms with E-state index in [0.29, 0.717) is 0 Å². The van der Waals surface area contributed by atoms with Gasteiger partial charge in [0.25, 0.3) is 0 Å². The summed E-state index contributed by atoms with van der Waals surface area (Å²) in [7, 11) is 0. The van der Waals surface area contributed by atoms with Gasteiger partial charge in [0.1, 0.15) is 22.3 Å². The van der Waals surface area contributed by atoms with Crippen LogP contribution in [0.5, 0.6) is 0 Å². The molecule has 0 unspecified atom stereocenters. The number of benzene rings is 10. The highest BCUT2D eigenvalue weighted by Crippen LogP contribution is 2.53. The number of hydrogen-bond donors (Lipinski definition) is 0. The molecule has 0 radical (unpaired) electrons. The van der Waals surface area contributed by atoms with Crippen molar-refractivity contribution in [3.63, 3.8) is 0 Å². The molecule has 0 saturated heterocycles. The average molecular weight is 861 g/mol. The van der Waals surface area contributed by atoms with E-state index in [1.807, 2.05) is 24.3 Å². The first kappa shape index (κ1) is 38.8. The maximum atomic E-state index is 6.47. The Morgan fingerprint density at radius 1 is 0.284 bits per heavy atom. The molecule has 0 bridgehead atoms. The van der Waals surface area contributed by atoms with E-state index in [9.17, 15) is 0 Å². The van der Waals surface area contributed by atoms with E-state index in [1.165, 1.54) is 44.5 Å². The van der Waals surface area contributed by atoms with Crippen molar-refractivity contribution < 1.29 is 8.83 Å². The number of anilines is 6. The predicted molar refractivity (Wildman–Crippen MR) is 279 cm³/mol. The highest BCUT2D eigenvalue weighted by molar-refractivity contribution is 6.08. The van der Waals surface area contributed by atoms with Crippen molar-refractivity contribution in [1.29, 1.82) is 0 Å². The minimum atomic E-state index is -0.312. The molecular formula is C63H44N2O2. The Kier molecular flexibility index (Phi) is 8.84. The van der Waals surface area contributed by atoms with Crippen LogP contribution in [0.4, 0.5) is 34.1 Å². The second-order valence-electron chi connectivity index (χ2n) is 18.1. The molecule has 1 aliphatic carbocycles. The Bertz CT molecular complexity index is 3630. The lowest BCUT2D eigenvalue weighted by Gasteiger charge is -2.29. The zero-order valence-electron chi connectivity index (χ0n) is 37.2. The maximum absolute atomic E-state index is 6.47. The van der Waals surface area contributed by atoms with Gasteiger partial charge in [-0.1, -0.05) is 147 Å². The van der Waals surface area contributed by atoms with Crippen molar-refractivity contribution in [3.05, 3.63) is 242 Å². The summed E-state index contributed by atoms with van der Waals surface area (Å²) in [5.41, 5.74) is 19.4. The fraction of sp³-hybridized carbons (Fsp3) is 0.0476. The van der Waals surface area contributed by atoms with E-state index in [0.717, 1.165) is 78.0 Å². The molecule has 0 fully saturated rings. The zero-order valence-corrected chi connectivity index (χ0v) is 37.2. The molecule has 67 heavy (non-hydrogen) atoms. The van der Waals surface area contributed by atoms with Crippen molar-refractivity contribution in [3.8, 4) is 33.4 Å². The van der Waals surface area contributed by atoms with Gasteiger partial charge in [-0.3, -0.25) is 0 Å². The third-order valence-electron chi connectivity index (χ3n) is 13.9. The lowest BCUT2D eigenvalue weighted by molar-refractivity contribution is 0.660. The van der Waals surface area contributed by atoms with E-state index < -0.39 is 0 Å². The molecule has 0 aliphatic heterocycles. The molecule has 13 rings (SSSR count). The standard InChI is InChI=1S/C63H44N2O2/c1-63(2)57-37-47(64(45-25-21-43(22-26-45)41-13-5-3-6-14-41)46-27-23-44(24-28-46)42-15-7-4-8-16-42)29-33-51(57)52-34-30-48(38-58(52)63)65(49-31-35-55-53-17-9-11-19-59(53)66-61(55)39-49)50-32-36-56-54-18-10-12-20-60(54)67-62(56)40-50/h3-40H,1-2H3. The number of para-hydroxylation sites is 2. The van der Waals surface area contributed by atoms with Crippen LogP contribution in [0.25, 0.3) is 77.3 Å². The lowest BCUT2D eigenvalue weighted by atomic mass is 9.82. The van der Waals surface area contributed by atoms with Crippen molar-refractivity contribution in [2.75, 3.05) is 9.80 Å². The summed E-state index contributed by atoms with van der Waals surface area (Å²) in [5, 5.41) is 4.42. The van der Waals surface area contributed by atoms with Crippen LogP contribution in [-0.4, -0.2) is 0 Å². The van der Waals surface area contributed by atoms with Gasteiger partial charge < -0.3 is 18.6 Å². The molecular weight excluding hydrogens is 817 g/mol. The molecule has 0 N–H and O–H groups in total. The number of nitrogens with zero attached hydrogens (tertiary/aromatic N) is 2. The molecule has 2 heterocycles. The van der Waals surface area contributed by atoms with Crippen molar-refractivity contribution >= 4 is 78.0 Å². The Balaban J connectivity index is 0.921. The molecule has 0 amide bonds. The first-order chi connectivity index (χ1) is 32.9. The Hall–Kier alpha value is -8.60. The lowest BCUT2D eigenvalue weighted by Crippen LogP contribution is -2.17. The summed E-state index contributed by atoms with van der Waals surface area (Å²) in [6.07, 6.45) is 0. The molecule has 4 nitrogen and oxygen atoms in total. The van der Waals surface area contributed by atoms with E-state index in [2.05, 4.69) is 230 Å². The fourth-order valence-corrected chi connectivity index (χ4v) is 10.5. The Morgan fingerprint density at radius 3 is 1.06 bits per heavy atom. The highest BCUT2D eigenvalue weighted by Gasteiger charge is 2.37. The summed E-state index contributed by atoms with van der Waals surface area (Å²) >= 11 is 0. The van der Waals surface area contributed by atoms with Crippen LogP contribution in [0.3, 0.4) is 0 Å². The van der Waals surface area contributed by atoms with Gasteiger partial charge in [-0.2, -0.15) is 0 Å². The predicted octanol–water partition coefficient (Wildman–Crippen LogP) is 18.1. The summed E-state index contributed by atoms with van der Waals surface area (Å²) in [4.78, 5) is 4.72. The van der Waals surface area contributed by atoms with Gasteiger partial charge in [0.05, 0.1) is 0 Å². The Labute approximate surface area is 389 Å². The van der Waals surface area contributed by atoms with Crippen LogP contribution in [0, 0.1) is 0 Å². The van der Waals surface area contributed by atoms with Crippen molar-refractivity contribution in [2.45, 2.75) is 19.3 Å². The molecule has 318 valence electrons. The smallest absolute Gasteiger partial charge is 0.137 e. The van der Waals surface area contributed by atoms with Gasteiger partial charge >= 0.3 is 0 Å². The molecule has 10 aromatic carbocycles. The number of fused-ring (bicyclic) bond motifs is 9. The highest BCUT2D eigenvalue weighted by atomic mass is 16.3. The van der Waals surface area contributed by atoms with Gasteiger partial charge in [-0.15, -0.1) is 0 Å². The number of furan rings is 2. The number of hydrogen-bond acceptors (Lipinski definition) is 4. The summed E-state index contributed by atoms with van der Waals surface area (Å²) < 4.78 is 12.9. The maximum Gasteiger partial charge on any atom is 0.137 e. The summed E-state index contributed by atoms with van der Waals surface area (Å²) in [5.74, 6) is 0. The monoisotopic (exact) mass is 860 g/mol. The van der Waals surface area contributed by atoms with Gasteiger partial charge in [0, 0.05) is 73.2 Å². The fourth-order valence-electron chi connectivity index (χ4n) is 10.5. The summed E-state index contributed by atoms with van der Waals surface area (Å²) in [6.45, 7) is 4.73. The van der Waals surface area contributed by atoms with E-state index >= 15 is 0 Å². The van der Waals surface area contributed by atoms with Gasteiger partial charge in [0.2, 0.25) is 0 Å². The zero-order chi connectivity index (χ0) is 44.6. The Morgan fingerprint density at radius 2 is 0.612 bits per heavy atom. The largest absolute Gasteiger partial charge is 0.456 e. The number of rotatable bonds is 8. The minimum Gasteiger partial charge on any atom is -0.456 e. The molecule has 0 saturated carbocycles. The molecule has 1 aliphatic rings.